The van der Waals surface area contributed by atoms with Crippen LogP contribution >= 0.6 is 0 Å². The van der Waals surface area contributed by atoms with Gasteiger partial charge in [-0.15, -0.1) is 0 Å². The molecule has 34 heavy (non-hydrogen) atoms. The molecular weight excluding hydrogens is 430 g/mol. The van der Waals surface area contributed by atoms with Crippen molar-refractivity contribution in [3.63, 3.8) is 0 Å². The van der Waals surface area contributed by atoms with Crippen LogP contribution in [0.25, 0.3) is 6.08 Å². The van der Waals surface area contributed by atoms with Crippen molar-refractivity contribution >= 4 is 23.6 Å². The van der Waals surface area contributed by atoms with Crippen LogP contribution in [0.2, 0.25) is 0 Å². The van der Waals surface area contributed by atoms with E-state index in [1.165, 1.54) is 12.8 Å². The second kappa shape index (κ2) is 10.3. The third kappa shape index (κ3) is 5.09. The van der Waals surface area contributed by atoms with E-state index in [0.29, 0.717) is 43.6 Å². The molecule has 0 spiro atoms. The number of fused-ring (bicyclic) bond motifs is 1. The van der Waals surface area contributed by atoms with E-state index in [9.17, 15) is 9.59 Å². The number of hydrogen-bond donors (Lipinski definition) is 1. The lowest BCUT2D eigenvalue weighted by atomic mass is 9.95. The first-order valence-electron chi connectivity index (χ1n) is 12.1. The van der Waals surface area contributed by atoms with Gasteiger partial charge in [0, 0.05) is 44.0 Å². The third-order valence-electron chi connectivity index (χ3n) is 6.99. The normalized spacial score (nSPS) is 19.5. The number of carbonyl (C=O) groups excluding carboxylic acids is 2. The standard InChI is InChI=1S/C27H31N3O4/c31-25(13-10-20-6-2-1-3-7-20)29-14-16-30(17-15-29)26(21-8-4-5-9-21)27(32)28-22-11-12-23-24(18-22)34-19-33-23/h1-3,6-7,10-13,18,21,26H,4-5,8-9,14-17,19H2,(H,28,32). The molecule has 1 N–H and O–H groups in total. The molecule has 0 aromatic heterocycles. The summed E-state index contributed by atoms with van der Waals surface area (Å²) in [4.78, 5) is 30.3. The second-order valence-corrected chi connectivity index (χ2v) is 9.15. The van der Waals surface area contributed by atoms with E-state index >= 15 is 0 Å². The number of nitrogens with one attached hydrogen (secondary N) is 1. The van der Waals surface area contributed by atoms with E-state index in [4.69, 9.17) is 9.47 Å². The Bertz CT molecular complexity index is 1040. The fourth-order valence-electron chi connectivity index (χ4n) is 5.20. The summed E-state index contributed by atoms with van der Waals surface area (Å²) in [5.41, 5.74) is 1.73. The molecular formula is C27H31N3O4. The van der Waals surface area contributed by atoms with Crippen LogP contribution in [0, 0.1) is 5.92 Å². The number of rotatable bonds is 6. The Balaban J connectivity index is 1.22. The Kier molecular flexibility index (Phi) is 6.81. The number of carbonyl (C=O) groups is 2. The molecule has 2 aromatic carbocycles. The largest absolute Gasteiger partial charge is 0.454 e. The molecule has 2 aromatic rings. The predicted octanol–water partition coefficient (Wildman–Crippen LogP) is 3.77. The van der Waals surface area contributed by atoms with E-state index in [1.54, 1.807) is 6.08 Å². The summed E-state index contributed by atoms with van der Waals surface area (Å²) in [6.45, 7) is 2.85. The molecule has 178 valence electrons. The van der Waals surface area contributed by atoms with Crippen molar-refractivity contribution in [3.05, 3.63) is 60.2 Å². The number of amides is 2. The highest BCUT2D eigenvalue weighted by Crippen LogP contribution is 2.35. The average molecular weight is 462 g/mol. The molecule has 0 bridgehead atoms. The first-order chi connectivity index (χ1) is 16.7. The number of hydrogen-bond acceptors (Lipinski definition) is 5. The Morgan fingerprint density at radius 1 is 0.941 bits per heavy atom. The van der Waals surface area contributed by atoms with Crippen LogP contribution in [0.1, 0.15) is 31.2 Å². The number of anilines is 1. The van der Waals surface area contributed by atoms with Gasteiger partial charge in [0.05, 0.1) is 6.04 Å². The quantitative estimate of drug-likeness (QED) is 0.663. The number of ether oxygens (including phenoxy) is 2. The zero-order valence-corrected chi connectivity index (χ0v) is 19.3. The molecule has 7 heteroatoms. The molecule has 1 atom stereocenters. The van der Waals surface area contributed by atoms with Crippen molar-refractivity contribution in [2.75, 3.05) is 38.3 Å². The molecule has 1 aliphatic carbocycles. The van der Waals surface area contributed by atoms with Crippen molar-refractivity contribution in [3.8, 4) is 11.5 Å². The maximum Gasteiger partial charge on any atom is 0.246 e. The Hall–Kier alpha value is -3.32. The topological polar surface area (TPSA) is 71.1 Å². The van der Waals surface area contributed by atoms with Crippen LogP contribution in [0.15, 0.2) is 54.6 Å². The van der Waals surface area contributed by atoms with Gasteiger partial charge < -0.3 is 19.7 Å². The predicted molar refractivity (Wildman–Crippen MR) is 131 cm³/mol. The summed E-state index contributed by atoms with van der Waals surface area (Å²) in [7, 11) is 0. The molecule has 3 aliphatic rings. The molecule has 7 nitrogen and oxygen atoms in total. The van der Waals surface area contributed by atoms with Gasteiger partial charge in [0.15, 0.2) is 11.5 Å². The van der Waals surface area contributed by atoms with Crippen molar-refractivity contribution in [1.82, 2.24) is 9.80 Å². The SMILES string of the molecule is O=C(Nc1ccc2c(c1)OCO2)C(C1CCCC1)N1CCN(C(=O)C=Cc2ccccc2)CC1. The smallest absolute Gasteiger partial charge is 0.246 e. The molecule has 1 saturated heterocycles. The molecule has 2 aliphatic heterocycles. The van der Waals surface area contributed by atoms with Crippen LogP contribution in [-0.2, 0) is 9.59 Å². The van der Waals surface area contributed by atoms with Gasteiger partial charge in [0.1, 0.15) is 0 Å². The summed E-state index contributed by atoms with van der Waals surface area (Å²) >= 11 is 0. The molecule has 2 amide bonds. The van der Waals surface area contributed by atoms with E-state index in [-0.39, 0.29) is 24.6 Å². The van der Waals surface area contributed by atoms with Crippen LogP contribution in [0.4, 0.5) is 5.69 Å². The van der Waals surface area contributed by atoms with Crippen molar-refractivity contribution in [1.29, 1.82) is 0 Å². The minimum absolute atomic E-state index is 0.0192. The van der Waals surface area contributed by atoms with Gasteiger partial charge in [0.25, 0.3) is 0 Å². The minimum Gasteiger partial charge on any atom is -0.454 e. The first-order valence-corrected chi connectivity index (χ1v) is 12.1. The number of piperazine rings is 1. The minimum atomic E-state index is -0.190. The number of benzene rings is 2. The van der Waals surface area contributed by atoms with Gasteiger partial charge in [0.2, 0.25) is 18.6 Å². The van der Waals surface area contributed by atoms with Crippen molar-refractivity contribution in [2.45, 2.75) is 31.7 Å². The summed E-state index contributed by atoms with van der Waals surface area (Å²) < 4.78 is 10.8. The molecule has 5 rings (SSSR count). The van der Waals surface area contributed by atoms with Gasteiger partial charge in [-0.25, -0.2) is 0 Å². The Morgan fingerprint density at radius 3 is 2.44 bits per heavy atom. The Morgan fingerprint density at radius 2 is 1.68 bits per heavy atom. The van der Waals surface area contributed by atoms with Crippen LogP contribution in [0.3, 0.4) is 0 Å². The first kappa shape index (κ1) is 22.5. The van der Waals surface area contributed by atoms with Gasteiger partial charge in [-0.2, -0.15) is 0 Å². The van der Waals surface area contributed by atoms with Crippen molar-refractivity contribution < 1.29 is 19.1 Å². The average Bonchev–Trinajstić information content (AvgIpc) is 3.56. The molecule has 0 radical (unpaired) electrons. The van der Waals surface area contributed by atoms with Crippen LogP contribution in [0.5, 0.6) is 11.5 Å². The maximum absolute atomic E-state index is 13.5. The van der Waals surface area contributed by atoms with E-state index in [0.717, 1.165) is 24.1 Å². The zero-order valence-electron chi connectivity index (χ0n) is 19.3. The third-order valence-corrected chi connectivity index (χ3v) is 6.99. The summed E-state index contributed by atoms with van der Waals surface area (Å²) in [6.07, 6.45) is 7.97. The Labute approximate surface area is 200 Å². The highest BCUT2D eigenvalue weighted by molar-refractivity contribution is 5.95. The number of nitrogens with zero attached hydrogens (tertiary/aromatic N) is 2. The lowest BCUT2D eigenvalue weighted by Crippen LogP contribution is -2.56. The second-order valence-electron chi connectivity index (χ2n) is 9.15. The summed E-state index contributed by atoms with van der Waals surface area (Å²) in [5, 5.41) is 3.11. The molecule has 1 unspecified atom stereocenters. The monoisotopic (exact) mass is 461 g/mol. The van der Waals surface area contributed by atoms with Gasteiger partial charge in [-0.05, 0) is 42.5 Å². The fraction of sp³-hybridized carbons (Fsp3) is 0.407. The van der Waals surface area contributed by atoms with Crippen molar-refractivity contribution in [2.24, 2.45) is 5.92 Å². The molecule has 2 fully saturated rings. The maximum atomic E-state index is 13.5. The summed E-state index contributed by atoms with van der Waals surface area (Å²) in [5.74, 6) is 1.74. The zero-order chi connectivity index (χ0) is 23.3. The molecule has 1 saturated carbocycles. The lowest BCUT2D eigenvalue weighted by Gasteiger charge is -2.40. The highest BCUT2D eigenvalue weighted by atomic mass is 16.7. The van der Waals surface area contributed by atoms with E-state index in [1.807, 2.05) is 59.5 Å². The van der Waals surface area contributed by atoms with Crippen LogP contribution < -0.4 is 14.8 Å². The van der Waals surface area contributed by atoms with Gasteiger partial charge in [-0.1, -0.05) is 43.2 Å². The van der Waals surface area contributed by atoms with Gasteiger partial charge >= 0.3 is 0 Å². The molecule has 2 heterocycles. The van der Waals surface area contributed by atoms with Gasteiger partial charge in [-0.3, -0.25) is 14.5 Å². The van der Waals surface area contributed by atoms with E-state index < -0.39 is 0 Å². The highest BCUT2D eigenvalue weighted by Gasteiger charge is 2.37. The fourth-order valence-corrected chi connectivity index (χ4v) is 5.20. The summed E-state index contributed by atoms with van der Waals surface area (Å²) in [6, 6.07) is 15.2. The van der Waals surface area contributed by atoms with Crippen LogP contribution in [-0.4, -0.2) is 60.6 Å². The van der Waals surface area contributed by atoms with E-state index in [2.05, 4.69) is 10.2 Å². The lowest BCUT2D eigenvalue weighted by molar-refractivity contribution is -0.129.